The van der Waals surface area contributed by atoms with E-state index in [0.29, 0.717) is 47.4 Å². The molecule has 80 heavy (non-hydrogen) atoms. The van der Waals surface area contributed by atoms with Crippen LogP contribution >= 0.6 is 0 Å². The van der Waals surface area contributed by atoms with Gasteiger partial charge in [-0.25, -0.2) is 19.5 Å². The topological polar surface area (TPSA) is 262 Å². The van der Waals surface area contributed by atoms with Crippen LogP contribution < -0.4 is 35.6 Å². The van der Waals surface area contributed by atoms with Crippen LogP contribution in [0.5, 0.6) is 11.5 Å². The fraction of sp³-hybridized carbons (Fsp3) is 0.321. The first-order valence-electron chi connectivity index (χ1n) is 25.7. The van der Waals surface area contributed by atoms with Crippen LogP contribution in [0.25, 0.3) is 10.9 Å². The maximum Gasteiger partial charge on any atom is 0.416 e. The lowest BCUT2D eigenvalue weighted by molar-refractivity contribution is -0.195. The highest BCUT2D eigenvalue weighted by molar-refractivity contribution is 6.09. The van der Waals surface area contributed by atoms with Gasteiger partial charge in [0.15, 0.2) is 29.8 Å². The summed E-state index contributed by atoms with van der Waals surface area (Å²) in [5.74, 6) is -1.75. The Kier molecular flexibility index (Phi) is 16.7. The SMILES string of the molecule is C=CCOC(=O)Nc1ccc2c(ccn2C(=O)c2cc(NC(=O)c3cc(NC(=O)c4nc(NC(=O)CCCOc5cc6c(cc5OC)C(=O)N5CC(=C)C[C@H]5[C@H](O[C@H]5CCCCO5)N6C(=O)OCC=C)cn4C)cn3C)cn2C)c1. The van der Waals surface area contributed by atoms with E-state index >= 15 is 0 Å². The summed E-state index contributed by atoms with van der Waals surface area (Å²) in [6.07, 6.45) is 9.06. The van der Waals surface area contributed by atoms with Crippen molar-refractivity contribution in [2.45, 2.75) is 57.1 Å². The molecule has 0 unspecified atom stereocenters. The van der Waals surface area contributed by atoms with Crippen LogP contribution in [-0.4, -0.2) is 129 Å². The molecular weight excluding hydrogens is 1030 g/mol. The standard InChI is InChI=1S/C56H61N11O13/c1-8-19-78-55(73)59-35-15-16-39-34(24-35)17-18-65(39)53(72)42-26-37(31-63(42)5)57-50(69)41-25-36(30-62(41)4)58-51(70)49-61-46(32-64(49)6)60-47(68)13-12-22-76-45-28-40-38(27-44(45)75-7)52(71)66-29-33(3)23-43(66)54(67(40)56(74)79-20-9-2)80-48-14-10-11-21-77-48/h8-9,15-18,24-28,30-32,43,48,54H,1-3,10-14,19-23,29H2,4-7H3,(H,57,69)(H,58,70)(H,59,73)(H,60,68)/t43-,48-,54-/m0/s1. The number of carbonyl (C=O) groups is 7. The lowest BCUT2D eigenvalue weighted by Gasteiger charge is -2.38. The van der Waals surface area contributed by atoms with Crippen molar-refractivity contribution in [3.63, 3.8) is 0 Å². The molecule has 2 aromatic carbocycles. The zero-order valence-electron chi connectivity index (χ0n) is 44.7. The summed E-state index contributed by atoms with van der Waals surface area (Å²) in [5.41, 5.74) is 3.34. The van der Waals surface area contributed by atoms with E-state index in [4.69, 9.17) is 28.4 Å². The third-order valence-electron chi connectivity index (χ3n) is 13.5. The summed E-state index contributed by atoms with van der Waals surface area (Å²) in [6, 6.07) is 12.3. The van der Waals surface area contributed by atoms with Gasteiger partial charge in [0.2, 0.25) is 11.7 Å². The van der Waals surface area contributed by atoms with Gasteiger partial charge in [0.1, 0.15) is 24.6 Å². The maximum atomic E-state index is 14.3. The molecule has 2 saturated heterocycles. The number of benzene rings is 2. The van der Waals surface area contributed by atoms with Gasteiger partial charge in [0.25, 0.3) is 23.6 Å². The average Bonchev–Trinajstić information content (AvgIpc) is 4.33. The molecule has 0 bridgehead atoms. The van der Waals surface area contributed by atoms with Crippen LogP contribution in [0.1, 0.15) is 80.5 Å². The number of methoxy groups -OCH3 is 1. The minimum Gasteiger partial charge on any atom is -0.493 e. The van der Waals surface area contributed by atoms with E-state index in [0.717, 1.165) is 18.4 Å². The number of ether oxygens (including phenoxy) is 6. The number of nitrogens with zero attached hydrogens (tertiary/aromatic N) is 7. The van der Waals surface area contributed by atoms with Crippen molar-refractivity contribution in [3.05, 3.63) is 134 Å². The lowest BCUT2D eigenvalue weighted by atomic mass is 10.1. The first-order valence-corrected chi connectivity index (χ1v) is 25.7. The summed E-state index contributed by atoms with van der Waals surface area (Å²) >= 11 is 0. The van der Waals surface area contributed by atoms with Gasteiger partial charge < -0.3 is 63.0 Å². The molecular formula is C56H61N11O13. The number of amides is 6. The van der Waals surface area contributed by atoms with E-state index in [2.05, 4.69) is 46.0 Å². The van der Waals surface area contributed by atoms with E-state index in [1.165, 1.54) is 62.3 Å². The second-order valence-corrected chi connectivity index (χ2v) is 19.2. The van der Waals surface area contributed by atoms with Crippen molar-refractivity contribution >= 4 is 81.2 Å². The van der Waals surface area contributed by atoms with Crippen LogP contribution in [0, 0.1) is 0 Å². The molecule has 2 fully saturated rings. The van der Waals surface area contributed by atoms with E-state index in [1.807, 2.05) is 0 Å². The third-order valence-corrected chi connectivity index (χ3v) is 13.5. The molecule has 4 N–H and O–H groups in total. The smallest absolute Gasteiger partial charge is 0.416 e. The number of aromatic nitrogens is 5. The van der Waals surface area contributed by atoms with E-state index in [9.17, 15) is 33.6 Å². The maximum absolute atomic E-state index is 14.3. The number of fused-ring (bicyclic) bond motifs is 3. The molecule has 24 heteroatoms. The highest BCUT2D eigenvalue weighted by Gasteiger charge is 2.49. The van der Waals surface area contributed by atoms with E-state index in [-0.39, 0.29) is 96.8 Å². The van der Waals surface area contributed by atoms with Gasteiger partial charge >= 0.3 is 12.2 Å². The first kappa shape index (κ1) is 55.3. The molecule has 0 spiro atoms. The highest BCUT2D eigenvalue weighted by Crippen LogP contribution is 2.43. The van der Waals surface area contributed by atoms with Gasteiger partial charge in [-0.05, 0) is 74.6 Å². The molecule has 0 saturated carbocycles. The average molecular weight is 1100 g/mol. The Labute approximate surface area is 459 Å². The Morgan fingerprint density at radius 3 is 2.29 bits per heavy atom. The Balaban J connectivity index is 0.798. The quantitative estimate of drug-likeness (QED) is 0.0451. The summed E-state index contributed by atoms with van der Waals surface area (Å²) in [4.78, 5) is 102. The van der Waals surface area contributed by atoms with E-state index < -0.39 is 48.5 Å². The van der Waals surface area contributed by atoms with Crippen LogP contribution in [0.2, 0.25) is 0 Å². The third kappa shape index (κ3) is 12.0. The van der Waals surface area contributed by atoms with Crippen molar-refractivity contribution in [1.29, 1.82) is 0 Å². The molecule has 9 rings (SSSR count). The molecule has 6 amide bonds. The van der Waals surface area contributed by atoms with Gasteiger partial charge in [-0.1, -0.05) is 37.5 Å². The van der Waals surface area contributed by atoms with Gasteiger partial charge in [-0.15, -0.1) is 0 Å². The molecule has 4 aromatic heterocycles. The number of imidazole rings is 1. The van der Waals surface area contributed by atoms with Gasteiger partial charge in [0, 0.05) is 82.6 Å². The number of rotatable bonds is 19. The second-order valence-electron chi connectivity index (χ2n) is 19.2. The molecule has 3 aliphatic rings. The molecule has 3 aliphatic heterocycles. The fourth-order valence-corrected chi connectivity index (χ4v) is 9.74. The van der Waals surface area contributed by atoms with Crippen LogP contribution in [0.15, 0.2) is 111 Å². The molecule has 418 valence electrons. The first-order chi connectivity index (χ1) is 38.5. The summed E-state index contributed by atoms with van der Waals surface area (Å²) in [6.45, 7) is 12.1. The Morgan fingerprint density at radius 1 is 0.812 bits per heavy atom. The van der Waals surface area contributed by atoms with E-state index in [1.54, 1.807) is 79.5 Å². The molecule has 6 aromatic rings. The minimum atomic E-state index is -1.00. The molecule has 7 heterocycles. The minimum absolute atomic E-state index is 0.0146. The largest absolute Gasteiger partial charge is 0.493 e. The molecule has 0 radical (unpaired) electrons. The summed E-state index contributed by atoms with van der Waals surface area (Å²) in [7, 11) is 6.33. The Hall–Kier alpha value is -9.42. The van der Waals surface area contributed by atoms with Crippen LogP contribution in [-0.2, 0) is 44.9 Å². The Morgan fingerprint density at radius 2 is 1.55 bits per heavy atom. The Bertz CT molecular complexity index is 3430. The predicted molar refractivity (Wildman–Crippen MR) is 294 cm³/mol. The van der Waals surface area contributed by atoms with Crippen LogP contribution in [0.4, 0.5) is 38.2 Å². The molecule has 3 atom stereocenters. The number of hydrogen-bond acceptors (Lipinski definition) is 14. The number of nitrogens with one attached hydrogen (secondary N) is 4. The van der Waals surface area contributed by atoms with Gasteiger partial charge in [-0.2, -0.15) is 0 Å². The van der Waals surface area contributed by atoms with Crippen molar-refractivity contribution in [3.8, 4) is 11.5 Å². The summed E-state index contributed by atoms with van der Waals surface area (Å²) < 4.78 is 40.9. The molecule has 0 aliphatic carbocycles. The monoisotopic (exact) mass is 1100 g/mol. The number of carbonyl (C=O) groups excluding carboxylic acids is 7. The van der Waals surface area contributed by atoms with Crippen molar-refractivity contribution in [1.82, 2.24) is 28.2 Å². The van der Waals surface area contributed by atoms with Crippen molar-refractivity contribution < 1.29 is 62.0 Å². The lowest BCUT2D eigenvalue weighted by Crippen LogP contribution is -2.54. The number of anilines is 5. The summed E-state index contributed by atoms with van der Waals surface area (Å²) in [5, 5.41) is 11.6. The normalized spacial score (nSPS) is 16.7. The van der Waals surface area contributed by atoms with Crippen LogP contribution in [0.3, 0.4) is 0 Å². The highest BCUT2D eigenvalue weighted by atomic mass is 16.7. The fourth-order valence-electron chi connectivity index (χ4n) is 9.74. The second kappa shape index (κ2) is 24.1. The zero-order chi connectivity index (χ0) is 56.8. The molecule has 24 nitrogen and oxygen atoms in total. The van der Waals surface area contributed by atoms with Gasteiger partial charge in [0.05, 0.1) is 47.9 Å². The van der Waals surface area contributed by atoms with Crippen molar-refractivity contribution in [2.24, 2.45) is 21.1 Å². The van der Waals surface area contributed by atoms with Crippen molar-refractivity contribution in [2.75, 3.05) is 66.2 Å². The zero-order valence-corrected chi connectivity index (χ0v) is 44.7. The number of hydrogen-bond donors (Lipinski definition) is 4. The van der Waals surface area contributed by atoms with Gasteiger partial charge in [-0.3, -0.25) is 33.9 Å². The number of aryl methyl sites for hydroxylation is 3. The predicted octanol–water partition coefficient (Wildman–Crippen LogP) is 7.57.